The summed E-state index contributed by atoms with van der Waals surface area (Å²) in [6.45, 7) is 0.303. The molecule has 1 amide bonds. The van der Waals surface area contributed by atoms with Gasteiger partial charge in [-0.25, -0.2) is 15.0 Å². The molecule has 2 aromatic carbocycles. The smallest absolute Gasteiger partial charge is 0.280 e. The summed E-state index contributed by atoms with van der Waals surface area (Å²) in [7, 11) is 0. The number of hydrogen-bond acceptors (Lipinski definition) is 6. The third-order valence-electron chi connectivity index (χ3n) is 3.66. The number of nitrogen functional groups attached to an aromatic ring is 2. The largest absolute Gasteiger partial charge is 0.382 e. The SMILES string of the molecule is NC(=NCc1cccc2ccccc12)NC(=O)c1nc(Cl)c(N)nc1N. The Morgan fingerprint density at radius 3 is 2.62 bits per heavy atom. The second kappa shape index (κ2) is 7.24. The molecular formula is C17H16ClN7O. The molecule has 1 aromatic heterocycles. The lowest BCUT2D eigenvalue weighted by Crippen LogP contribution is -2.37. The molecule has 3 rings (SSSR count). The monoisotopic (exact) mass is 369 g/mol. The van der Waals surface area contributed by atoms with Gasteiger partial charge in [-0.2, -0.15) is 0 Å². The predicted molar refractivity (Wildman–Crippen MR) is 103 cm³/mol. The van der Waals surface area contributed by atoms with E-state index in [9.17, 15) is 4.79 Å². The van der Waals surface area contributed by atoms with Crippen molar-refractivity contribution in [2.75, 3.05) is 11.5 Å². The van der Waals surface area contributed by atoms with Crippen molar-refractivity contribution in [1.82, 2.24) is 15.3 Å². The third kappa shape index (κ3) is 3.65. The van der Waals surface area contributed by atoms with Crippen LogP contribution in [-0.2, 0) is 6.54 Å². The van der Waals surface area contributed by atoms with Gasteiger partial charge in [0.15, 0.2) is 28.4 Å². The van der Waals surface area contributed by atoms with Crippen molar-refractivity contribution in [3.05, 3.63) is 58.9 Å². The maximum absolute atomic E-state index is 12.2. The molecule has 0 aliphatic carbocycles. The van der Waals surface area contributed by atoms with Gasteiger partial charge < -0.3 is 17.2 Å². The first-order valence-corrected chi connectivity index (χ1v) is 8.00. The molecular weight excluding hydrogens is 354 g/mol. The van der Waals surface area contributed by atoms with Gasteiger partial charge in [0.1, 0.15) is 0 Å². The standard InChI is InChI=1S/C17H16ClN7O/c18-13-15(20)24-14(19)12(23-13)16(26)25-17(21)22-8-10-6-3-5-9-4-1-2-7-11(9)10/h1-7H,8H2,(H4,19,20,24)(H3,21,22,25,26). The molecule has 0 aliphatic heterocycles. The fraction of sp³-hybridized carbons (Fsp3) is 0.0588. The summed E-state index contributed by atoms with van der Waals surface area (Å²) in [6, 6.07) is 13.8. The van der Waals surface area contributed by atoms with Crippen LogP contribution in [0, 0.1) is 0 Å². The molecule has 0 fully saturated rings. The number of halogens is 1. The van der Waals surface area contributed by atoms with Crippen molar-refractivity contribution in [2.45, 2.75) is 6.54 Å². The summed E-state index contributed by atoms with van der Waals surface area (Å²) in [4.78, 5) is 24.0. The number of carbonyl (C=O) groups is 1. The highest BCUT2D eigenvalue weighted by atomic mass is 35.5. The maximum Gasteiger partial charge on any atom is 0.280 e. The molecule has 0 saturated heterocycles. The molecule has 0 bridgehead atoms. The number of anilines is 2. The van der Waals surface area contributed by atoms with Gasteiger partial charge in [0.05, 0.1) is 6.54 Å². The van der Waals surface area contributed by atoms with Crippen molar-refractivity contribution in [1.29, 1.82) is 0 Å². The summed E-state index contributed by atoms with van der Waals surface area (Å²) in [5.74, 6) is -0.947. The number of carbonyl (C=O) groups excluding carboxylic acids is 1. The van der Waals surface area contributed by atoms with Gasteiger partial charge in [0.2, 0.25) is 0 Å². The summed E-state index contributed by atoms with van der Waals surface area (Å²) >= 11 is 5.77. The zero-order valence-corrected chi connectivity index (χ0v) is 14.4. The molecule has 0 saturated carbocycles. The van der Waals surface area contributed by atoms with Crippen molar-refractivity contribution >= 4 is 45.9 Å². The highest BCUT2D eigenvalue weighted by Gasteiger charge is 2.16. The Morgan fingerprint density at radius 1 is 1.08 bits per heavy atom. The van der Waals surface area contributed by atoms with Gasteiger partial charge in [-0.05, 0) is 16.3 Å². The normalized spacial score (nSPS) is 11.5. The second-order valence-electron chi connectivity index (χ2n) is 5.43. The Hall–Kier alpha value is -3.39. The first kappa shape index (κ1) is 17.4. The molecule has 1 heterocycles. The van der Waals surface area contributed by atoms with Crippen molar-refractivity contribution in [3.63, 3.8) is 0 Å². The number of nitrogens with two attached hydrogens (primary N) is 3. The van der Waals surface area contributed by atoms with E-state index in [0.29, 0.717) is 6.54 Å². The number of nitrogens with one attached hydrogen (secondary N) is 1. The van der Waals surface area contributed by atoms with Crippen LogP contribution in [0.25, 0.3) is 10.8 Å². The van der Waals surface area contributed by atoms with Gasteiger partial charge >= 0.3 is 0 Å². The van der Waals surface area contributed by atoms with Crippen LogP contribution in [0.15, 0.2) is 47.5 Å². The molecule has 0 radical (unpaired) electrons. The van der Waals surface area contributed by atoms with E-state index < -0.39 is 5.91 Å². The number of aliphatic imine (C=N–C) groups is 1. The van der Waals surface area contributed by atoms with E-state index >= 15 is 0 Å². The number of aromatic nitrogens is 2. The van der Waals surface area contributed by atoms with Gasteiger partial charge in [0, 0.05) is 0 Å². The Labute approximate surface area is 154 Å². The van der Waals surface area contributed by atoms with E-state index in [0.717, 1.165) is 16.3 Å². The van der Waals surface area contributed by atoms with Crippen molar-refractivity contribution in [3.8, 4) is 0 Å². The number of guanidine groups is 1. The van der Waals surface area contributed by atoms with Gasteiger partial charge in [-0.15, -0.1) is 0 Å². The van der Waals surface area contributed by atoms with Crippen LogP contribution in [0.3, 0.4) is 0 Å². The molecule has 132 valence electrons. The maximum atomic E-state index is 12.2. The molecule has 8 nitrogen and oxygen atoms in total. The highest BCUT2D eigenvalue weighted by Crippen LogP contribution is 2.19. The molecule has 9 heteroatoms. The number of hydrogen-bond donors (Lipinski definition) is 4. The molecule has 0 unspecified atom stereocenters. The van der Waals surface area contributed by atoms with Crippen LogP contribution in [0.1, 0.15) is 16.1 Å². The summed E-state index contributed by atoms with van der Waals surface area (Å²) in [5.41, 5.74) is 17.7. The molecule has 3 aromatic rings. The zero-order valence-electron chi connectivity index (χ0n) is 13.6. The van der Waals surface area contributed by atoms with Crippen LogP contribution in [0.4, 0.5) is 11.6 Å². The molecule has 0 aliphatic rings. The van der Waals surface area contributed by atoms with Gasteiger partial charge in [-0.1, -0.05) is 54.1 Å². The van der Waals surface area contributed by atoms with Crippen LogP contribution in [0.5, 0.6) is 0 Å². The van der Waals surface area contributed by atoms with Crippen LogP contribution >= 0.6 is 11.6 Å². The Balaban J connectivity index is 1.76. The molecule has 26 heavy (non-hydrogen) atoms. The Kier molecular flexibility index (Phi) is 4.85. The average Bonchev–Trinajstić information content (AvgIpc) is 2.62. The minimum absolute atomic E-state index is 0.0571. The number of rotatable bonds is 3. The lowest BCUT2D eigenvalue weighted by atomic mass is 10.1. The Bertz CT molecular complexity index is 1010. The molecule has 7 N–H and O–H groups in total. The minimum Gasteiger partial charge on any atom is -0.382 e. The summed E-state index contributed by atoms with van der Waals surface area (Å²) in [6.07, 6.45) is 0. The van der Waals surface area contributed by atoms with Crippen LogP contribution in [0.2, 0.25) is 5.15 Å². The minimum atomic E-state index is -0.670. The quantitative estimate of drug-likeness (QED) is 0.408. The van der Waals surface area contributed by atoms with E-state index in [1.165, 1.54) is 0 Å². The van der Waals surface area contributed by atoms with E-state index in [2.05, 4.69) is 20.3 Å². The lowest BCUT2D eigenvalue weighted by Gasteiger charge is -2.08. The lowest BCUT2D eigenvalue weighted by molar-refractivity contribution is 0.0972. The summed E-state index contributed by atoms with van der Waals surface area (Å²) < 4.78 is 0. The van der Waals surface area contributed by atoms with Gasteiger partial charge in [-0.3, -0.25) is 10.1 Å². The fourth-order valence-corrected chi connectivity index (χ4v) is 2.55. The fourth-order valence-electron chi connectivity index (χ4n) is 2.42. The van der Waals surface area contributed by atoms with Crippen LogP contribution in [-0.4, -0.2) is 21.8 Å². The van der Waals surface area contributed by atoms with E-state index in [1.54, 1.807) is 0 Å². The number of fused-ring (bicyclic) bond motifs is 1. The number of benzene rings is 2. The number of amides is 1. The van der Waals surface area contributed by atoms with E-state index in [1.807, 2.05) is 42.5 Å². The van der Waals surface area contributed by atoms with E-state index in [4.69, 9.17) is 28.8 Å². The molecule has 0 spiro atoms. The third-order valence-corrected chi connectivity index (χ3v) is 3.94. The topological polar surface area (TPSA) is 145 Å². The Morgan fingerprint density at radius 2 is 1.81 bits per heavy atom. The first-order valence-electron chi connectivity index (χ1n) is 7.62. The predicted octanol–water partition coefficient (Wildman–Crippen LogP) is 1.69. The van der Waals surface area contributed by atoms with Crippen molar-refractivity contribution in [2.24, 2.45) is 10.7 Å². The number of nitrogens with zero attached hydrogens (tertiary/aromatic N) is 3. The van der Waals surface area contributed by atoms with E-state index in [-0.39, 0.29) is 28.4 Å². The zero-order chi connectivity index (χ0) is 18.7. The van der Waals surface area contributed by atoms with Crippen molar-refractivity contribution < 1.29 is 4.79 Å². The summed E-state index contributed by atoms with van der Waals surface area (Å²) in [5, 5.41) is 4.46. The highest BCUT2D eigenvalue weighted by molar-refractivity contribution is 6.31. The van der Waals surface area contributed by atoms with Crippen LogP contribution < -0.4 is 22.5 Å². The molecule has 0 atom stereocenters. The second-order valence-corrected chi connectivity index (χ2v) is 5.79. The average molecular weight is 370 g/mol. The first-order chi connectivity index (χ1) is 12.5. The van der Waals surface area contributed by atoms with Gasteiger partial charge in [0.25, 0.3) is 5.91 Å².